The van der Waals surface area contributed by atoms with E-state index < -0.39 is 11.8 Å². The molecule has 4 heteroatoms. The molecule has 1 heterocycles. The second-order valence-corrected chi connectivity index (χ2v) is 3.66. The molecule has 1 aromatic carbocycles. The Morgan fingerprint density at radius 3 is 2.65 bits per heavy atom. The molecule has 2 aromatic rings. The van der Waals surface area contributed by atoms with Gasteiger partial charge < -0.3 is 5.11 Å². The number of benzene rings is 1. The van der Waals surface area contributed by atoms with Gasteiger partial charge in [-0.3, -0.25) is 4.98 Å². The van der Waals surface area contributed by atoms with E-state index in [-0.39, 0.29) is 5.56 Å². The quantitative estimate of drug-likeness (QED) is 0.864. The van der Waals surface area contributed by atoms with Crippen LogP contribution in [0.25, 0.3) is 11.1 Å². The molecule has 0 amide bonds. The third-order valence-corrected chi connectivity index (χ3v) is 2.45. The third-order valence-electron chi connectivity index (χ3n) is 2.45. The zero-order valence-electron chi connectivity index (χ0n) is 9.14. The van der Waals surface area contributed by atoms with Gasteiger partial charge in [-0.2, -0.15) is 0 Å². The minimum atomic E-state index is -1.28. The summed E-state index contributed by atoms with van der Waals surface area (Å²) in [5, 5.41) is 9.00. The minimum Gasteiger partial charge on any atom is -0.478 e. The van der Waals surface area contributed by atoms with Crippen LogP contribution in [-0.2, 0) is 0 Å². The molecule has 0 fully saturated rings. The average molecular weight is 231 g/mol. The highest BCUT2D eigenvalue weighted by atomic mass is 19.1. The highest BCUT2D eigenvalue weighted by Gasteiger charge is 2.16. The van der Waals surface area contributed by atoms with E-state index in [9.17, 15) is 9.18 Å². The fourth-order valence-electron chi connectivity index (χ4n) is 1.61. The average Bonchev–Trinajstić information content (AvgIpc) is 2.29. The lowest BCUT2D eigenvalue weighted by molar-refractivity contribution is 0.0693. The van der Waals surface area contributed by atoms with Crippen molar-refractivity contribution in [3.63, 3.8) is 0 Å². The molecule has 0 atom stereocenters. The predicted molar refractivity (Wildman–Crippen MR) is 61.3 cm³/mol. The van der Waals surface area contributed by atoms with Crippen LogP contribution in [0.5, 0.6) is 0 Å². The van der Waals surface area contributed by atoms with Gasteiger partial charge in [-0.1, -0.05) is 18.2 Å². The largest absolute Gasteiger partial charge is 0.478 e. The van der Waals surface area contributed by atoms with Crippen molar-refractivity contribution >= 4 is 5.97 Å². The van der Waals surface area contributed by atoms with Gasteiger partial charge in [0, 0.05) is 23.0 Å². The second kappa shape index (κ2) is 4.33. The number of carbonyl (C=O) groups is 1. The first-order chi connectivity index (χ1) is 8.09. The van der Waals surface area contributed by atoms with Crippen molar-refractivity contribution in [3.8, 4) is 11.1 Å². The van der Waals surface area contributed by atoms with Gasteiger partial charge in [0.1, 0.15) is 11.4 Å². The number of hydrogen-bond acceptors (Lipinski definition) is 2. The van der Waals surface area contributed by atoms with E-state index >= 15 is 0 Å². The first-order valence-corrected chi connectivity index (χ1v) is 5.04. The third kappa shape index (κ3) is 2.15. The van der Waals surface area contributed by atoms with Crippen molar-refractivity contribution in [1.82, 2.24) is 4.98 Å². The van der Waals surface area contributed by atoms with Crippen molar-refractivity contribution in [2.75, 3.05) is 0 Å². The summed E-state index contributed by atoms with van der Waals surface area (Å²) < 4.78 is 13.5. The molecule has 17 heavy (non-hydrogen) atoms. The lowest BCUT2D eigenvalue weighted by Gasteiger charge is -2.06. The topological polar surface area (TPSA) is 50.2 Å². The van der Waals surface area contributed by atoms with Crippen LogP contribution in [0.2, 0.25) is 0 Å². The Hall–Kier alpha value is -2.23. The smallest absolute Gasteiger partial charge is 0.339 e. The highest BCUT2D eigenvalue weighted by Crippen LogP contribution is 2.25. The molecule has 3 nitrogen and oxygen atoms in total. The Kier molecular flexibility index (Phi) is 2.87. The van der Waals surface area contributed by atoms with Gasteiger partial charge in [0.2, 0.25) is 0 Å². The van der Waals surface area contributed by atoms with E-state index in [1.54, 1.807) is 18.2 Å². The molecule has 0 aliphatic heterocycles. The summed E-state index contributed by atoms with van der Waals surface area (Å²) in [6.45, 7) is 1.83. The van der Waals surface area contributed by atoms with E-state index in [4.69, 9.17) is 5.11 Å². The molecule has 2 rings (SSSR count). The molecule has 0 bridgehead atoms. The van der Waals surface area contributed by atoms with Crippen LogP contribution < -0.4 is 0 Å². The van der Waals surface area contributed by atoms with Crippen LogP contribution in [0, 0.1) is 12.7 Å². The molecule has 1 aromatic heterocycles. The minimum absolute atomic E-state index is 0.321. The molecule has 0 radical (unpaired) electrons. The number of rotatable bonds is 2. The van der Waals surface area contributed by atoms with Crippen molar-refractivity contribution in [3.05, 3.63) is 53.6 Å². The molecule has 1 N–H and O–H groups in total. The number of carboxylic acid groups (broad SMARTS) is 1. The SMILES string of the molecule is Cc1ccc(-c2cccc(F)c2C(=O)O)cn1. The van der Waals surface area contributed by atoms with E-state index in [0.717, 1.165) is 11.8 Å². The maximum Gasteiger partial charge on any atom is 0.339 e. The van der Waals surface area contributed by atoms with E-state index in [2.05, 4.69) is 4.98 Å². The van der Waals surface area contributed by atoms with Crippen LogP contribution in [0.3, 0.4) is 0 Å². The lowest BCUT2D eigenvalue weighted by atomic mass is 10.0. The van der Waals surface area contributed by atoms with Crippen LogP contribution >= 0.6 is 0 Å². The number of aromatic nitrogens is 1. The molecule has 0 aliphatic carbocycles. The Morgan fingerprint density at radius 2 is 2.06 bits per heavy atom. The standard InChI is InChI=1S/C13H10FNO2/c1-8-5-6-9(7-15-8)10-3-2-4-11(14)12(10)13(16)17/h2-7H,1H3,(H,16,17). The Morgan fingerprint density at radius 1 is 1.29 bits per heavy atom. The fourth-order valence-corrected chi connectivity index (χ4v) is 1.61. The van der Waals surface area contributed by atoms with E-state index in [0.29, 0.717) is 11.1 Å². The summed E-state index contributed by atoms with van der Waals surface area (Å²) in [4.78, 5) is 15.1. The first kappa shape index (κ1) is 11.3. The first-order valence-electron chi connectivity index (χ1n) is 5.04. The van der Waals surface area contributed by atoms with Gasteiger partial charge >= 0.3 is 5.97 Å². The second-order valence-electron chi connectivity index (χ2n) is 3.66. The normalized spacial score (nSPS) is 10.2. The van der Waals surface area contributed by atoms with Crippen molar-refractivity contribution < 1.29 is 14.3 Å². The zero-order valence-corrected chi connectivity index (χ0v) is 9.14. The molecule has 0 saturated carbocycles. The predicted octanol–water partition coefficient (Wildman–Crippen LogP) is 2.89. The summed E-state index contributed by atoms with van der Waals surface area (Å²) >= 11 is 0. The van der Waals surface area contributed by atoms with Crippen LogP contribution in [0.15, 0.2) is 36.5 Å². The lowest BCUT2D eigenvalue weighted by Crippen LogP contribution is -2.03. The van der Waals surface area contributed by atoms with Crippen LogP contribution in [-0.4, -0.2) is 16.1 Å². The molecular weight excluding hydrogens is 221 g/mol. The number of aromatic carboxylic acids is 1. The van der Waals surface area contributed by atoms with E-state index in [1.807, 2.05) is 6.92 Å². The molecule has 0 aliphatic rings. The molecular formula is C13H10FNO2. The van der Waals surface area contributed by atoms with Crippen LogP contribution in [0.1, 0.15) is 16.1 Å². The molecule has 0 saturated heterocycles. The fraction of sp³-hybridized carbons (Fsp3) is 0.0769. The number of aryl methyl sites for hydroxylation is 1. The number of hydrogen-bond donors (Lipinski definition) is 1. The van der Waals surface area contributed by atoms with Crippen molar-refractivity contribution in [1.29, 1.82) is 0 Å². The Balaban J connectivity index is 2.63. The van der Waals surface area contributed by atoms with Gasteiger partial charge in [0.25, 0.3) is 0 Å². The van der Waals surface area contributed by atoms with E-state index in [1.165, 1.54) is 12.3 Å². The summed E-state index contributed by atoms with van der Waals surface area (Å²) in [6, 6.07) is 7.67. The number of halogens is 1. The highest BCUT2D eigenvalue weighted by molar-refractivity contribution is 5.96. The maximum absolute atomic E-state index is 13.5. The summed E-state index contributed by atoms with van der Waals surface area (Å²) in [5.41, 5.74) is 1.43. The molecule has 86 valence electrons. The Labute approximate surface area is 97.6 Å². The summed E-state index contributed by atoms with van der Waals surface area (Å²) in [7, 11) is 0. The number of nitrogens with zero attached hydrogens (tertiary/aromatic N) is 1. The van der Waals surface area contributed by atoms with Gasteiger partial charge in [-0.05, 0) is 19.1 Å². The maximum atomic E-state index is 13.5. The van der Waals surface area contributed by atoms with Gasteiger partial charge in [-0.15, -0.1) is 0 Å². The summed E-state index contributed by atoms with van der Waals surface area (Å²) in [6.07, 6.45) is 1.54. The number of pyridine rings is 1. The van der Waals surface area contributed by atoms with Gasteiger partial charge in [0.05, 0.1) is 0 Å². The molecule has 0 spiro atoms. The molecule has 0 unspecified atom stereocenters. The van der Waals surface area contributed by atoms with Crippen molar-refractivity contribution in [2.24, 2.45) is 0 Å². The summed E-state index contributed by atoms with van der Waals surface area (Å²) in [5.74, 6) is -2.02. The van der Waals surface area contributed by atoms with Gasteiger partial charge in [-0.25, -0.2) is 9.18 Å². The van der Waals surface area contributed by atoms with Gasteiger partial charge in [0.15, 0.2) is 0 Å². The van der Waals surface area contributed by atoms with Crippen LogP contribution in [0.4, 0.5) is 4.39 Å². The monoisotopic (exact) mass is 231 g/mol. The number of carboxylic acids is 1. The van der Waals surface area contributed by atoms with Crippen molar-refractivity contribution in [2.45, 2.75) is 6.92 Å². The Bertz CT molecular complexity index is 564. The zero-order chi connectivity index (χ0) is 12.4.